The van der Waals surface area contributed by atoms with Crippen molar-refractivity contribution in [2.24, 2.45) is 5.73 Å². The zero-order valence-corrected chi connectivity index (χ0v) is 11.2. The summed E-state index contributed by atoms with van der Waals surface area (Å²) in [7, 11) is -3.41. The van der Waals surface area contributed by atoms with Gasteiger partial charge in [0.25, 0.3) is 0 Å². The highest BCUT2D eigenvalue weighted by atomic mass is 32.2. The van der Waals surface area contributed by atoms with E-state index in [9.17, 15) is 8.42 Å². The van der Waals surface area contributed by atoms with E-state index in [4.69, 9.17) is 5.73 Å². The summed E-state index contributed by atoms with van der Waals surface area (Å²) >= 11 is 6.05. The van der Waals surface area contributed by atoms with Crippen molar-refractivity contribution in [3.05, 3.63) is 16.6 Å². The lowest BCUT2D eigenvalue weighted by atomic mass is 10.2. The Hall–Kier alpha value is -0.570. The van der Waals surface area contributed by atoms with Crippen molar-refractivity contribution in [3.8, 4) is 0 Å². The Kier molecular flexibility index (Phi) is 4.78. The van der Waals surface area contributed by atoms with E-state index in [1.54, 1.807) is 6.20 Å². The van der Waals surface area contributed by atoms with Crippen LogP contribution in [0, 0.1) is 0 Å². The molecule has 0 amide bonds. The number of thiocarbonyl (C=S) groups is 1. The van der Waals surface area contributed by atoms with E-state index in [2.05, 4.69) is 21.9 Å². The van der Waals surface area contributed by atoms with Gasteiger partial charge in [0.1, 0.15) is 5.75 Å². The number of nitrogens with zero attached hydrogens (tertiary/aromatic N) is 1. The van der Waals surface area contributed by atoms with Crippen LogP contribution in [0.1, 0.15) is 17.8 Å². The summed E-state index contributed by atoms with van der Waals surface area (Å²) in [5.74, 6) is -0.270. The largest absolute Gasteiger partial charge is 0.392 e. The minimum Gasteiger partial charge on any atom is -0.392 e. The van der Waals surface area contributed by atoms with Crippen LogP contribution in [-0.2, 0) is 10.0 Å². The molecule has 5 nitrogen and oxygen atoms in total. The SMILES string of the molecule is CC(CNS(=O)(=O)CC(N)=S)c1nccs1. The number of sulfonamides is 1. The zero-order valence-electron chi connectivity index (χ0n) is 8.71. The van der Waals surface area contributed by atoms with Gasteiger partial charge in [-0.3, -0.25) is 0 Å². The monoisotopic (exact) mass is 279 g/mol. The Bertz CT molecular complexity index is 441. The molecule has 0 aliphatic rings. The van der Waals surface area contributed by atoms with Gasteiger partial charge in [-0.1, -0.05) is 19.1 Å². The Balaban J connectivity index is 2.49. The molecule has 1 aromatic rings. The highest BCUT2D eigenvalue weighted by molar-refractivity contribution is 7.92. The van der Waals surface area contributed by atoms with E-state index >= 15 is 0 Å². The lowest BCUT2D eigenvalue weighted by Crippen LogP contribution is -2.34. The van der Waals surface area contributed by atoms with Gasteiger partial charge in [-0.05, 0) is 0 Å². The van der Waals surface area contributed by atoms with Crippen LogP contribution in [0.4, 0.5) is 0 Å². The second kappa shape index (κ2) is 5.67. The summed E-state index contributed by atoms with van der Waals surface area (Å²) in [5, 5.41) is 2.76. The summed E-state index contributed by atoms with van der Waals surface area (Å²) in [6.07, 6.45) is 1.69. The van der Waals surface area contributed by atoms with E-state index in [1.807, 2.05) is 12.3 Å². The Morgan fingerprint density at radius 2 is 2.44 bits per heavy atom. The molecule has 3 N–H and O–H groups in total. The van der Waals surface area contributed by atoms with Crippen LogP contribution in [0.25, 0.3) is 0 Å². The fourth-order valence-corrected chi connectivity index (χ4v) is 3.20. The summed E-state index contributed by atoms with van der Waals surface area (Å²) in [6.45, 7) is 2.21. The minimum absolute atomic E-state index is 0.0330. The molecule has 0 saturated carbocycles. The van der Waals surface area contributed by atoms with Gasteiger partial charge < -0.3 is 5.73 Å². The normalized spacial score (nSPS) is 13.6. The molecule has 0 radical (unpaired) electrons. The highest BCUT2D eigenvalue weighted by Gasteiger charge is 2.15. The van der Waals surface area contributed by atoms with E-state index < -0.39 is 10.0 Å². The Labute approximate surface area is 104 Å². The third kappa shape index (κ3) is 4.52. The number of rotatable bonds is 6. The first-order valence-electron chi connectivity index (χ1n) is 4.56. The fraction of sp³-hybridized carbons (Fsp3) is 0.500. The number of nitrogens with two attached hydrogens (primary N) is 1. The molecule has 90 valence electrons. The van der Waals surface area contributed by atoms with Crippen molar-refractivity contribution in [1.82, 2.24) is 9.71 Å². The number of nitrogens with one attached hydrogen (secondary N) is 1. The lowest BCUT2D eigenvalue weighted by molar-refractivity contribution is 0.578. The minimum atomic E-state index is -3.41. The summed E-state index contributed by atoms with van der Waals surface area (Å²) < 4.78 is 25.3. The van der Waals surface area contributed by atoms with Crippen LogP contribution in [0.3, 0.4) is 0 Å². The van der Waals surface area contributed by atoms with Crippen LogP contribution < -0.4 is 10.5 Å². The first kappa shape index (κ1) is 13.5. The third-order valence-corrected chi connectivity index (χ3v) is 4.45. The molecule has 16 heavy (non-hydrogen) atoms. The lowest BCUT2D eigenvalue weighted by Gasteiger charge is -2.10. The molecule has 0 aliphatic carbocycles. The molecule has 0 bridgehead atoms. The molecule has 1 aromatic heterocycles. The number of hydrogen-bond acceptors (Lipinski definition) is 5. The van der Waals surface area contributed by atoms with Gasteiger partial charge in [0.15, 0.2) is 0 Å². The van der Waals surface area contributed by atoms with Gasteiger partial charge in [0.05, 0.1) is 10.00 Å². The maximum atomic E-state index is 11.4. The average Bonchev–Trinajstić information content (AvgIpc) is 2.64. The molecule has 1 atom stereocenters. The Morgan fingerprint density at radius 3 is 2.94 bits per heavy atom. The molecule has 0 saturated heterocycles. The van der Waals surface area contributed by atoms with Crippen LogP contribution in [0.15, 0.2) is 11.6 Å². The summed E-state index contributed by atoms with van der Waals surface area (Å²) in [6, 6.07) is 0. The topological polar surface area (TPSA) is 85.1 Å². The molecule has 1 unspecified atom stereocenters. The van der Waals surface area contributed by atoms with E-state index in [-0.39, 0.29) is 16.7 Å². The third-order valence-electron chi connectivity index (χ3n) is 1.81. The molecular weight excluding hydrogens is 266 g/mol. The molecule has 0 spiro atoms. The van der Waals surface area contributed by atoms with Crippen molar-refractivity contribution >= 4 is 38.6 Å². The van der Waals surface area contributed by atoms with E-state index in [1.165, 1.54) is 11.3 Å². The van der Waals surface area contributed by atoms with Crippen molar-refractivity contribution in [3.63, 3.8) is 0 Å². The zero-order chi connectivity index (χ0) is 12.2. The molecule has 1 heterocycles. The molecule has 1 rings (SSSR count). The first-order valence-corrected chi connectivity index (χ1v) is 7.50. The molecule has 0 aliphatic heterocycles. The van der Waals surface area contributed by atoms with Crippen molar-refractivity contribution in [2.75, 3.05) is 12.3 Å². The predicted octanol–water partition coefficient (Wildman–Crippen LogP) is 0.452. The second-order valence-corrected chi connectivity index (χ2v) is 6.60. The van der Waals surface area contributed by atoms with E-state index in [0.29, 0.717) is 6.54 Å². The molecule has 0 fully saturated rings. The molecule has 8 heteroatoms. The highest BCUT2D eigenvalue weighted by Crippen LogP contribution is 2.16. The molecule has 0 aromatic carbocycles. The van der Waals surface area contributed by atoms with Gasteiger partial charge in [0.2, 0.25) is 10.0 Å². The number of hydrogen-bond donors (Lipinski definition) is 2. The van der Waals surface area contributed by atoms with Gasteiger partial charge in [0, 0.05) is 24.0 Å². The first-order chi connectivity index (χ1) is 7.41. The quantitative estimate of drug-likeness (QED) is 0.739. The molecular formula is C8H13N3O2S3. The van der Waals surface area contributed by atoms with Gasteiger partial charge >= 0.3 is 0 Å². The fourth-order valence-electron chi connectivity index (χ4n) is 1.06. The summed E-state index contributed by atoms with van der Waals surface area (Å²) in [4.78, 5) is 4.08. The maximum absolute atomic E-state index is 11.4. The van der Waals surface area contributed by atoms with Crippen molar-refractivity contribution < 1.29 is 8.42 Å². The van der Waals surface area contributed by atoms with Crippen LogP contribution in [-0.4, -0.2) is 30.7 Å². The van der Waals surface area contributed by atoms with Gasteiger partial charge in [-0.25, -0.2) is 18.1 Å². The number of thiazole rings is 1. The van der Waals surface area contributed by atoms with Gasteiger partial charge in [-0.15, -0.1) is 11.3 Å². The van der Waals surface area contributed by atoms with Crippen molar-refractivity contribution in [1.29, 1.82) is 0 Å². The Morgan fingerprint density at radius 1 is 1.75 bits per heavy atom. The average molecular weight is 279 g/mol. The van der Waals surface area contributed by atoms with Crippen LogP contribution in [0.5, 0.6) is 0 Å². The van der Waals surface area contributed by atoms with Crippen LogP contribution in [0.2, 0.25) is 0 Å². The second-order valence-electron chi connectivity index (χ2n) is 3.35. The predicted molar refractivity (Wildman–Crippen MR) is 69.1 cm³/mol. The van der Waals surface area contributed by atoms with Crippen LogP contribution >= 0.6 is 23.6 Å². The van der Waals surface area contributed by atoms with Crippen molar-refractivity contribution in [2.45, 2.75) is 12.8 Å². The summed E-state index contributed by atoms with van der Waals surface area (Å²) in [5.41, 5.74) is 5.18. The standard InChI is InChI=1S/C8H13N3O2S3/c1-6(8-10-2-3-15-8)4-11-16(12,13)5-7(9)14/h2-3,6,11H,4-5H2,1H3,(H2,9,14). The number of aromatic nitrogens is 1. The smallest absolute Gasteiger partial charge is 0.218 e. The van der Waals surface area contributed by atoms with Gasteiger partial charge in [-0.2, -0.15) is 0 Å². The maximum Gasteiger partial charge on any atom is 0.218 e. The van der Waals surface area contributed by atoms with E-state index in [0.717, 1.165) is 5.01 Å².